The van der Waals surface area contributed by atoms with Gasteiger partial charge in [-0.15, -0.1) is 22.7 Å². The van der Waals surface area contributed by atoms with Crippen LogP contribution >= 0.6 is 38.6 Å². The van der Waals surface area contributed by atoms with Gasteiger partial charge in [-0.2, -0.15) is 0 Å². The second-order valence-corrected chi connectivity index (χ2v) is 18.1. The Morgan fingerprint density at radius 2 is 0.875 bits per heavy atom. The van der Waals surface area contributed by atoms with Gasteiger partial charge in [-0.1, -0.05) is 140 Å². The number of fused-ring (bicyclic) bond motifs is 14. The number of thiophene rings is 2. The van der Waals surface area contributed by atoms with E-state index < -0.39 is 12.0 Å². The largest absolute Gasteiger partial charge is 0.489 e. The Labute approximate surface area is 381 Å². The van der Waals surface area contributed by atoms with Gasteiger partial charge in [0.25, 0.3) is 11.4 Å². The molecule has 0 atom stereocenters. The Bertz CT molecular complexity index is 3830. The molecule has 12 heteroatoms. The van der Waals surface area contributed by atoms with Crippen molar-refractivity contribution in [1.29, 1.82) is 0 Å². The lowest BCUT2D eigenvalue weighted by Crippen LogP contribution is -2.30. The topological polar surface area (TPSA) is 127 Å². The van der Waals surface area contributed by atoms with Gasteiger partial charge in [0.1, 0.15) is 0 Å². The molecule has 0 saturated carbocycles. The predicted octanol–water partition coefficient (Wildman–Crippen LogP) is 14.3. The second kappa shape index (κ2) is 16.9. The highest BCUT2D eigenvalue weighted by Gasteiger charge is 2.23. The SMILES string of the molecule is O=[N+]([O-])c1ccccc1-c1cc2ccc3ccccc3c2c2c1sc1ccccc12.O=[N+]([O-])c1ccccc1Br.OB(O)c1cc2ccc3ccccc3c2c2c1sc1ccccc12. The molecule has 0 amide bonds. The third-order valence-corrected chi connectivity index (χ3v) is 14.5. The Morgan fingerprint density at radius 3 is 1.42 bits per heavy atom. The summed E-state index contributed by atoms with van der Waals surface area (Å²) in [7, 11) is -1.48. The quantitative estimate of drug-likeness (QED) is 0.0783. The van der Waals surface area contributed by atoms with Crippen LogP contribution in [0.5, 0.6) is 0 Å². The summed E-state index contributed by atoms with van der Waals surface area (Å²) in [5.74, 6) is 0. The second-order valence-electron chi connectivity index (χ2n) is 15.1. The molecule has 0 aliphatic rings. The summed E-state index contributed by atoms with van der Waals surface area (Å²) < 4.78 is 4.91. The maximum atomic E-state index is 11.8. The normalized spacial score (nSPS) is 11.3. The molecule has 12 rings (SSSR count). The molecule has 0 bridgehead atoms. The van der Waals surface area contributed by atoms with E-state index in [2.05, 4.69) is 119 Å². The summed E-state index contributed by atoms with van der Waals surface area (Å²) in [6.45, 7) is 0. The van der Waals surface area contributed by atoms with Crippen molar-refractivity contribution in [2.45, 2.75) is 0 Å². The van der Waals surface area contributed by atoms with Crippen LogP contribution in [0.25, 0.3) is 94.6 Å². The van der Waals surface area contributed by atoms with Crippen LogP contribution in [0, 0.1) is 20.2 Å². The van der Waals surface area contributed by atoms with Gasteiger partial charge in [-0.3, -0.25) is 20.2 Å². The summed E-state index contributed by atoms with van der Waals surface area (Å²) >= 11 is 6.38. The zero-order valence-electron chi connectivity index (χ0n) is 33.5. The van der Waals surface area contributed by atoms with E-state index in [0.717, 1.165) is 35.8 Å². The fourth-order valence-electron chi connectivity index (χ4n) is 8.66. The first-order chi connectivity index (χ1) is 31.2. The van der Waals surface area contributed by atoms with E-state index in [1.54, 1.807) is 53.0 Å². The third-order valence-electron chi connectivity index (χ3n) is 11.4. The Morgan fingerprint density at radius 1 is 0.438 bits per heavy atom. The average Bonchev–Trinajstić information content (AvgIpc) is 3.91. The molecule has 2 aromatic heterocycles. The number of hydrogen-bond donors (Lipinski definition) is 2. The van der Waals surface area contributed by atoms with E-state index in [4.69, 9.17) is 0 Å². The predicted molar refractivity (Wildman–Crippen MR) is 271 cm³/mol. The zero-order chi connectivity index (χ0) is 44.1. The molecular weight excluding hydrogens is 903 g/mol. The first-order valence-corrected chi connectivity index (χ1v) is 22.6. The minimum Gasteiger partial charge on any atom is -0.423 e. The highest BCUT2D eigenvalue weighted by molar-refractivity contribution is 9.10. The molecule has 0 unspecified atom stereocenters. The van der Waals surface area contributed by atoms with Crippen molar-refractivity contribution < 1.29 is 19.9 Å². The van der Waals surface area contributed by atoms with Gasteiger partial charge in [0.05, 0.1) is 19.9 Å². The molecule has 308 valence electrons. The van der Waals surface area contributed by atoms with Gasteiger partial charge in [-0.05, 0) is 89.4 Å². The van der Waals surface area contributed by atoms with E-state index in [1.165, 1.54) is 59.2 Å². The van der Waals surface area contributed by atoms with Gasteiger partial charge in [0.15, 0.2) is 0 Å². The van der Waals surface area contributed by atoms with Crippen molar-refractivity contribution >= 4 is 146 Å². The van der Waals surface area contributed by atoms with E-state index in [0.29, 0.717) is 15.5 Å². The van der Waals surface area contributed by atoms with Crippen molar-refractivity contribution in [2.24, 2.45) is 0 Å². The van der Waals surface area contributed by atoms with Crippen molar-refractivity contribution in [3.63, 3.8) is 0 Å². The van der Waals surface area contributed by atoms with Crippen molar-refractivity contribution in [1.82, 2.24) is 0 Å². The number of nitro benzene ring substituents is 2. The molecule has 2 N–H and O–H groups in total. The zero-order valence-corrected chi connectivity index (χ0v) is 36.7. The molecule has 0 aliphatic carbocycles. The maximum Gasteiger partial charge on any atom is 0.489 e. The fraction of sp³-hybridized carbons (Fsp3) is 0. The van der Waals surface area contributed by atoms with Crippen LogP contribution in [0.3, 0.4) is 0 Å². The maximum absolute atomic E-state index is 11.8. The molecular formula is C52H32BBrN2O6S2. The number of para-hydroxylation sites is 2. The van der Waals surface area contributed by atoms with Gasteiger partial charge >= 0.3 is 7.12 Å². The molecule has 0 fully saturated rings. The van der Waals surface area contributed by atoms with Gasteiger partial charge < -0.3 is 10.0 Å². The van der Waals surface area contributed by atoms with Crippen LogP contribution in [0.4, 0.5) is 11.4 Å². The van der Waals surface area contributed by atoms with Gasteiger partial charge in [0, 0.05) is 63.5 Å². The summed E-state index contributed by atoms with van der Waals surface area (Å²) in [6, 6.07) is 59.3. The third kappa shape index (κ3) is 7.21. The van der Waals surface area contributed by atoms with Crippen molar-refractivity contribution in [3.05, 3.63) is 207 Å². The molecule has 12 aromatic rings. The van der Waals surface area contributed by atoms with E-state index in [9.17, 15) is 30.3 Å². The van der Waals surface area contributed by atoms with Crippen LogP contribution in [-0.2, 0) is 0 Å². The minimum atomic E-state index is -1.48. The van der Waals surface area contributed by atoms with Crippen LogP contribution in [0.2, 0.25) is 0 Å². The summed E-state index contributed by atoms with van der Waals surface area (Å²) in [6.07, 6.45) is 0. The molecule has 10 aromatic carbocycles. The number of halogens is 1. The van der Waals surface area contributed by atoms with Crippen LogP contribution in [0.15, 0.2) is 186 Å². The standard InChI is InChI=1S/C26H15NO2S.C20H13BO2S.C6H4BrNO2/c28-27(29)22-11-5-3-9-19(22)21-15-17-14-13-16-7-1-2-8-18(16)24(17)25-20-10-4-6-12-23(20)30-26(21)25;22-21(23)16-11-13-10-9-12-5-1-2-6-14(12)18(13)19-15-7-3-4-8-17(15)24-20(16)19;7-5-3-1-2-4-6(5)8(9)10/h1-15H;1-11,22-23H;1-4H. The summed E-state index contributed by atoms with van der Waals surface area (Å²) in [4.78, 5) is 21.2. The van der Waals surface area contributed by atoms with Gasteiger partial charge in [0.2, 0.25) is 0 Å². The lowest BCUT2D eigenvalue weighted by Gasteiger charge is -2.11. The van der Waals surface area contributed by atoms with Crippen LogP contribution < -0.4 is 5.46 Å². The highest BCUT2D eigenvalue weighted by atomic mass is 79.9. The number of nitro groups is 2. The van der Waals surface area contributed by atoms with Crippen LogP contribution in [0.1, 0.15) is 0 Å². The van der Waals surface area contributed by atoms with E-state index in [1.807, 2.05) is 42.5 Å². The van der Waals surface area contributed by atoms with E-state index >= 15 is 0 Å². The highest BCUT2D eigenvalue weighted by Crippen LogP contribution is 2.47. The molecule has 0 aliphatic heterocycles. The monoisotopic (exact) mass is 934 g/mol. The van der Waals surface area contributed by atoms with E-state index in [-0.39, 0.29) is 16.3 Å². The number of benzene rings is 10. The smallest absolute Gasteiger partial charge is 0.423 e. The molecule has 0 spiro atoms. The number of hydrogen-bond acceptors (Lipinski definition) is 8. The molecule has 8 nitrogen and oxygen atoms in total. The Kier molecular flexibility index (Phi) is 10.8. The molecule has 64 heavy (non-hydrogen) atoms. The Balaban J connectivity index is 0.000000127. The van der Waals surface area contributed by atoms with Gasteiger partial charge in [-0.25, -0.2) is 0 Å². The average molecular weight is 936 g/mol. The molecule has 2 heterocycles. The summed E-state index contributed by atoms with van der Waals surface area (Å²) in [5.41, 5.74) is 2.39. The Hall–Kier alpha value is -7.06. The van der Waals surface area contributed by atoms with Crippen LogP contribution in [-0.4, -0.2) is 27.0 Å². The number of nitrogens with zero attached hydrogens (tertiary/aromatic N) is 2. The molecule has 0 radical (unpaired) electrons. The number of rotatable bonds is 4. The lowest BCUT2D eigenvalue weighted by atomic mass is 9.78. The van der Waals surface area contributed by atoms with Crippen molar-refractivity contribution in [2.75, 3.05) is 0 Å². The summed E-state index contributed by atoms with van der Waals surface area (Å²) in [5, 5.41) is 55.7. The first-order valence-electron chi connectivity index (χ1n) is 20.2. The molecule has 0 saturated heterocycles. The fourth-order valence-corrected chi connectivity index (χ4v) is 11.6. The van der Waals surface area contributed by atoms with Crippen molar-refractivity contribution in [3.8, 4) is 11.1 Å². The lowest BCUT2D eigenvalue weighted by molar-refractivity contribution is -0.385. The minimum absolute atomic E-state index is 0.0995. The first kappa shape index (κ1) is 41.0.